The van der Waals surface area contributed by atoms with Crippen LogP contribution in [0.4, 0.5) is 0 Å². The molecule has 0 spiro atoms. The Balaban J connectivity index is 0.00000139. The summed E-state index contributed by atoms with van der Waals surface area (Å²) in [7, 11) is 2.17. The summed E-state index contributed by atoms with van der Waals surface area (Å²) in [5.41, 5.74) is 15.7. The van der Waals surface area contributed by atoms with Crippen LogP contribution in [0.5, 0.6) is 0 Å². The average molecular weight is 636 g/mol. The van der Waals surface area contributed by atoms with Crippen molar-refractivity contribution in [3.63, 3.8) is 0 Å². The molecule has 0 aliphatic carbocycles. The van der Waals surface area contributed by atoms with Crippen LogP contribution in [-0.4, -0.2) is 63.5 Å². The Labute approximate surface area is 274 Å². The van der Waals surface area contributed by atoms with Crippen LogP contribution in [-0.2, 0) is 33.8 Å². The fraction of sp³-hybridized carbons (Fsp3) is 0.361. The van der Waals surface area contributed by atoms with Gasteiger partial charge in [-0.2, -0.15) is 0 Å². The molecule has 6 N–H and O–H groups in total. The highest BCUT2D eigenvalue weighted by Gasteiger charge is 2.39. The minimum atomic E-state index is -0.627. The number of imide groups is 1. The van der Waals surface area contributed by atoms with E-state index in [2.05, 4.69) is 69.1 Å². The first-order valence-electron chi connectivity index (χ1n) is 16.0. The van der Waals surface area contributed by atoms with Gasteiger partial charge in [-0.15, -0.1) is 0 Å². The van der Waals surface area contributed by atoms with Gasteiger partial charge in [0.2, 0.25) is 18.2 Å². The van der Waals surface area contributed by atoms with E-state index in [1.165, 1.54) is 12.1 Å². The first-order valence-corrected chi connectivity index (χ1v) is 16.0. The normalized spacial score (nSPS) is 19.9. The molecule has 11 nitrogen and oxygen atoms in total. The average Bonchev–Trinajstić information content (AvgIpc) is 3.77. The lowest BCUT2D eigenvalue weighted by atomic mass is 10.0. The molecule has 6 rings (SSSR count). The molecule has 3 aliphatic rings. The molecule has 0 radical (unpaired) electrons. The van der Waals surface area contributed by atoms with Crippen molar-refractivity contribution in [2.75, 3.05) is 13.6 Å². The van der Waals surface area contributed by atoms with Crippen molar-refractivity contribution in [1.82, 2.24) is 25.1 Å². The molecule has 244 valence electrons. The zero-order valence-corrected chi connectivity index (χ0v) is 26.6. The van der Waals surface area contributed by atoms with Crippen molar-refractivity contribution in [2.45, 2.75) is 70.0 Å². The molecule has 2 saturated heterocycles. The molecule has 2 unspecified atom stereocenters. The number of aryl methyl sites for hydroxylation is 1. The number of hydrogen-bond acceptors (Lipinski definition) is 7. The van der Waals surface area contributed by atoms with Gasteiger partial charge in [-0.05, 0) is 87.5 Å². The van der Waals surface area contributed by atoms with Crippen molar-refractivity contribution in [1.29, 1.82) is 0 Å². The van der Waals surface area contributed by atoms with E-state index in [1.54, 1.807) is 17.2 Å². The van der Waals surface area contributed by atoms with E-state index >= 15 is 0 Å². The highest BCUT2D eigenvalue weighted by Crippen LogP contribution is 2.30. The number of unbranched alkanes of at least 4 members (excludes halogenated alkanes) is 1. The molecule has 2 aromatic heterocycles. The summed E-state index contributed by atoms with van der Waals surface area (Å²) >= 11 is 0. The van der Waals surface area contributed by atoms with Crippen molar-refractivity contribution in [3.8, 4) is 11.8 Å². The molecule has 3 aromatic rings. The summed E-state index contributed by atoms with van der Waals surface area (Å²) in [6, 6.07) is 11.7. The number of aromatic nitrogens is 2. The lowest BCUT2D eigenvalue weighted by Crippen LogP contribution is -2.52. The van der Waals surface area contributed by atoms with Gasteiger partial charge in [-0.25, -0.2) is 0 Å². The van der Waals surface area contributed by atoms with Crippen LogP contribution in [0, 0.1) is 11.8 Å². The maximum Gasteiger partial charge on any atom is 0.255 e. The molecule has 3 aliphatic heterocycles. The highest BCUT2D eigenvalue weighted by atomic mass is 16.2. The SMILES string of the molecule is CN1CCCC1c1cc(=C/N)/c(=C\Cc2ccc(CCCC#Cc3cccc4c3CN(C3CCC(=O)NC3=O)C4=O)nc2)[nH]1.NC=O. The van der Waals surface area contributed by atoms with Crippen LogP contribution >= 0.6 is 0 Å². The topological polar surface area (TPSA) is 168 Å². The van der Waals surface area contributed by atoms with Gasteiger partial charge in [0.15, 0.2) is 0 Å². The van der Waals surface area contributed by atoms with Crippen molar-refractivity contribution >= 4 is 36.4 Å². The number of pyridine rings is 1. The van der Waals surface area contributed by atoms with Crippen molar-refractivity contribution < 1.29 is 19.2 Å². The van der Waals surface area contributed by atoms with E-state index in [0.29, 0.717) is 31.0 Å². The van der Waals surface area contributed by atoms with Gasteiger partial charge in [0, 0.05) is 70.9 Å². The molecule has 2 atom stereocenters. The quantitative estimate of drug-likeness (QED) is 0.131. The van der Waals surface area contributed by atoms with E-state index in [1.807, 2.05) is 18.3 Å². The molecule has 1 aromatic carbocycles. The highest BCUT2D eigenvalue weighted by molar-refractivity contribution is 6.05. The number of amides is 4. The largest absolute Gasteiger partial charge is 0.404 e. The third kappa shape index (κ3) is 7.79. The second-order valence-corrected chi connectivity index (χ2v) is 12.0. The minimum Gasteiger partial charge on any atom is -0.404 e. The number of likely N-dealkylation sites (tertiary alicyclic amines) is 1. The Morgan fingerprint density at radius 1 is 1.11 bits per heavy atom. The molecule has 0 bridgehead atoms. The van der Waals surface area contributed by atoms with E-state index < -0.39 is 11.9 Å². The van der Waals surface area contributed by atoms with Crippen LogP contribution in [0.2, 0.25) is 0 Å². The Morgan fingerprint density at radius 3 is 2.64 bits per heavy atom. The predicted molar refractivity (Wildman–Crippen MR) is 178 cm³/mol. The van der Waals surface area contributed by atoms with Gasteiger partial charge in [0.25, 0.3) is 5.91 Å². The summed E-state index contributed by atoms with van der Waals surface area (Å²) in [5, 5.41) is 4.44. The van der Waals surface area contributed by atoms with Gasteiger partial charge in [-0.1, -0.05) is 30.0 Å². The minimum absolute atomic E-state index is 0.182. The fourth-order valence-electron chi connectivity index (χ4n) is 6.46. The Bertz CT molecular complexity index is 1820. The van der Waals surface area contributed by atoms with E-state index in [9.17, 15) is 14.4 Å². The second kappa shape index (κ2) is 15.4. The number of nitrogens with two attached hydrogens (primary N) is 2. The molecule has 2 fully saturated rings. The predicted octanol–water partition coefficient (Wildman–Crippen LogP) is 1.13. The van der Waals surface area contributed by atoms with E-state index in [0.717, 1.165) is 65.2 Å². The molecule has 5 heterocycles. The zero-order valence-electron chi connectivity index (χ0n) is 26.6. The fourth-order valence-corrected chi connectivity index (χ4v) is 6.46. The van der Waals surface area contributed by atoms with Crippen molar-refractivity contribution in [2.24, 2.45) is 11.5 Å². The smallest absolute Gasteiger partial charge is 0.255 e. The number of nitrogens with zero attached hydrogens (tertiary/aromatic N) is 3. The molecule has 0 saturated carbocycles. The second-order valence-electron chi connectivity index (χ2n) is 12.0. The standard InChI is InChI=1S/C35H38N6O3.CH3NO/c1-40-18-6-11-31(40)30-19-25(20-36)29(38-30)15-13-23-12-14-26(37-21-23)9-4-2-3-7-24-8-5-10-27-28(24)22-41(35(27)44)32-16-17-33(42)39-34(32)43;2-1-3/h5,8,10,12,14-15,19-21,31-32,38H,2,4,6,9,11,13,16-18,22,36H2,1H3,(H,39,42,43);1H,(H2,2,3)/b25-20-,29-15+;. The Kier molecular flexibility index (Phi) is 10.9. The van der Waals surface area contributed by atoms with Crippen LogP contribution < -0.4 is 27.4 Å². The zero-order chi connectivity index (χ0) is 33.3. The number of piperidine rings is 1. The molecule has 47 heavy (non-hydrogen) atoms. The van der Waals surface area contributed by atoms with Crippen LogP contribution in [0.1, 0.15) is 83.0 Å². The first-order chi connectivity index (χ1) is 22.8. The van der Waals surface area contributed by atoms with Gasteiger partial charge in [0.1, 0.15) is 6.04 Å². The number of rotatable bonds is 7. The van der Waals surface area contributed by atoms with Gasteiger partial charge >= 0.3 is 0 Å². The van der Waals surface area contributed by atoms with Gasteiger partial charge in [0.05, 0.1) is 0 Å². The molecular formula is C36H41N7O4. The van der Waals surface area contributed by atoms with E-state index in [4.69, 9.17) is 10.5 Å². The number of benzene rings is 1. The van der Waals surface area contributed by atoms with Gasteiger partial charge in [-0.3, -0.25) is 34.4 Å². The third-order valence-corrected chi connectivity index (χ3v) is 8.93. The lowest BCUT2D eigenvalue weighted by molar-refractivity contribution is -0.136. The Morgan fingerprint density at radius 2 is 1.94 bits per heavy atom. The number of carbonyl (C=O) groups is 4. The van der Waals surface area contributed by atoms with Crippen LogP contribution in [0.15, 0.2) is 42.6 Å². The third-order valence-electron chi connectivity index (χ3n) is 8.93. The number of nitrogens with one attached hydrogen (secondary N) is 2. The summed E-state index contributed by atoms with van der Waals surface area (Å²) < 4.78 is 0. The van der Waals surface area contributed by atoms with Crippen LogP contribution in [0.3, 0.4) is 0 Å². The monoisotopic (exact) mass is 635 g/mol. The molecule has 11 heteroatoms. The molecular weight excluding hydrogens is 594 g/mol. The Hall–Kier alpha value is -5.21. The summed E-state index contributed by atoms with van der Waals surface area (Å²) in [4.78, 5) is 57.7. The number of hydrogen-bond donors (Lipinski definition) is 4. The van der Waals surface area contributed by atoms with Crippen molar-refractivity contribution in [3.05, 3.63) is 86.8 Å². The summed E-state index contributed by atoms with van der Waals surface area (Å²) in [5.74, 6) is 5.62. The van der Waals surface area contributed by atoms with Crippen LogP contribution in [0.25, 0.3) is 12.3 Å². The maximum absolute atomic E-state index is 13.0. The lowest BCUT2D eigenvalue weighted by Gasteiger charge is -2.29. The summed E-state index contributed by atoms with van der Waals surface area (Å²) in [6.45, 7) is 1.45. The number of fused-ring (bicyclic) bond motifs is 1. The van der Waals surface area contributed by atoms with Gasteiger partial charge < -0.3 is 21.4 Å². The van der Waals surface area contributed by atoms with E-state index in [-0.39, 0.29) is 24.6 Å². The number of carbonyl (C=O) groups excluding carboxylic acids is 4. The number of primary amides is 1. The first kappa shape index (κ1) is 33.2. The molecule has 4 amide bonds. The summed E-state index contributed by atoms with van der Waals surface area (Å²) in [6.07, 6.45) is 12.2. The number of H-pyrrole nitrogens is 1. The maximum atomic E-state index is 13.0. The number of aromatic amines is 1.